The van der Waals surface area contributed by atoms with Crippen LogP contribution in [0.2, 0.25) is 0 Å². The third-order valence-electron chi connectivity index (χ3n) is 2.13. The van der Waals surface area contributed by atoms with Gasteiger partial charge in [-0.2, -0.15) is 0 Å². The topological polar surface area (TPSA) is 96.2 Å². The Bertz CT molecular complexity index is 668. The molecule has 0 spiro atoms. The zero-order valence-electron chi connectivity index (χ0n) is 7.38. The summed E-state index contributed by atoms with van der Waals surface area (Å²) in [5.74, 6) is -1.23. The van der Waals surface area contributed by atoms with E-state index in [4.69, 9.17) is 5.11 Å². The molecule has 15 heavy (non-hydrogen) atoms. The molecule has 3 aromatic heterocycles. The van der Waals surface area contributed by atoms with Crippen molar-refractivity contribution in [3.8, 4) is 0 Å². The molecule has 0 atom stereocenters. The van der Waals surface area contributed by atoms with Crippen molar-refractivity contribution >= 4 is 22.8 Å². The smallest absolute Gasteiger partial charge is 0.374 e. The molecule has 0 saturated heterocycles. The lowest BCUT2D eigenvalue weighted by Crippen LogP contribution is -2.04. The number of H-pyrrole nitrogens is 1. The van der Waals surface area contributed by atoms with Gasteiger partial charge in [-0.15, -0.1) is 10.2 Å². The number of nitrogens with zero attached hydrogens (tertiary/aromatic N) is 4. The number of carbonyl (C=O) groups is 1. The summed E-state index contributed by atoms with van der Waals surface area (Å²) in [7, 11) is 0. The van der Waals surface area contributed by atoms with Crippen LogP contribution >= 0.6 is 0 Å². The van der Waals surface area contributed by atoms with E-state index >= 15 is 0 Å². The Morgan fingerprint density at radius 1 is 1.47 bits per heavy atom. The van der Waals surface area contributed by atoms with Crippen LogP contribution in [0, 0.1) is 0 Å². The molecule has 3 heterocycles. The minimum Gasteiger partial charge on any atom is -0.475 e. The highest BCUT2D eigenvalue weighted by Crippen LogP contribution is 2.13. The third-order valence-corrected chi connectivity index (χ3v) is 2.13. The van der Waals surface area contributed by atoms with E-state index < -0.39 is 5.97 Å². The first-order valence-corrected chi connectivity index (χ1v) is 4.18. The Morgan fingerprint density at radius 2 is 2.33 bits per heavy atom. The van der Waals surface area contributed by atoms with Gasteiger partial charge in [0.15, 0.2) is 11.3 Å². The molecular formula is C8H5N5O2. The predicted octanol–water partition coefficient (Wildman–Crippen LogP) is 0.304. The largest absolute Gasteiger partial charge is 0.475 e. The second kappa shape index (κ2) is 2.53. The average Bonchev–Trinajstić information content (AvgIpc) is 2.82. The summed E-state index contributed by atoms with van der Waals surface area (Å²) in [6, 6.07) is 1.73. The maximum Gasteiger partial charge on any atom is 0.374 e. The normalized spacial score (nSPS) is 11.2. The van der Waals surface area contributed by atoms with Gasteiger partial charge in [0.05, 0.1) is 11.7 Å². The molecule has 0 aromatic carbocycles. The van der Waals surface area contributed by atoms with Crippen molar-refractivity contribution in [1.29, 1.82) is 0 Å². The molecule has 0 bridgehead atoms. The van der Waals surface area contributed by atoms with Crippen LogP contribution in [0.1, 0.15) is 10.6 Å². The number of carboxylic acid groups (broad SMARTS) is 1. The van der Waals surface area contributed by atoms with Gasteiger partial charge >= 0.3 is 5.97 Å². The van der Waals surface area contributed by atoms with Gasteiger partial charge in [-0.1, -0.05) is 0 Å². The van der Waals surface area contributed by atoms with Crippen molar-refractivity contribution in [2.24, 2.45) is 0 Å². The van der Waals surface area contributed by atoms with Gasteiger partial charge in [-0.3, -0.25) is 4.40 Å². The lowest BCUT2D eigenvalue weighted by Gasteiger charge is -1.96. The standard InChI is InChI=1S/C8H5N5O2/c14-8(15)7-12-11-5-3-10-6-4(13(5)7)1-2-9-6/h1-3,9H,(H,14,15). The maximum absolute atomic E-state index is 10.9. The number of nitrogens with one attached hydrogen (secondary N) is 1. The van der Waals surface area contributed by atoms with Gasteiger partial charge in [-0.05, 0) is 6.07 Å². The fourth-order valence-electron chi connectivity index (χ4n) is 1.51. The number of carboxylic acids is 1. The van der Waals surface area contributed by atoms with E-state index in [0.29, 0.717) is 16.8 Å². The molecule has 7 heteroatoms. The van der Waals surface area contributed by atoms with Gasteiger partial charge in [0.2, 0.25) is 5.82 Å². The third kappa shape index (κ3) is 0.938. The Morgan fingerprint density at radius 3 is 3.13 bits per heavy atom. The highest BCUT2D eigenvalue weighted by molar-refractivity contribution is 5.87. The second-order valence-corrected chi connectivity index (χ2v) is 2.99. The van der Waals surface area contributed by atoms with Crippen molar-refractivity contribution in [1.82, 2.24) is 24.6 Å². The molecular weight excluding hydrogens is 198 g/mol. The van der Waals surface area contributed by atoms with E-state index in [2.05, 4.69) is 20.2 Å². The maximum atomic E-state index is 10.9. The highest BCUT2D eigenvalue weighted by Gasteiger charge is 2.15. The van der Waals surface area contributed by atoms with Gasteiger partial charge in [0.1, 0.15) is 0 Å². The number of hydrogen-bond donors (Lipinski definition) is 2. The molecule has 0 fully saturated rings. The van der Waals surface area contributed by atoms with Gasteiger partial charge in [0, 0.05) is 6.20 Å². The summed E-state index contributed by atoms with van der Waals surface area (Å²) in [5, 5.41) is 16.2. The van der Waals surface area contributed by atoms with Crippen LogP contribution in [0.5, 0.6) is 0 Å². The first-order chi connectivity index (χ1) is 7.27. The average molecular weight is 203 g/mol. The van der Waals surface area contributed by atoms with Crippen molar-refractivity contribution in [2.75, 3.05) is 0 Å². The SMILES string of the molecule is O=C(O)c1nnc2cnc3[nH]ccc3n12. The molecule has 0 aliphatic heterocycles. The molecule has 3 aromatic rings. The second-order valence-electron chi connectivity index (χ2n) is 2.99. The molecule has 3 rings (SSSR count). The van der Waals surface area contributed by atoms with Crippen LogP contribution in [0.3, 0.4) is 0 Å². The first-order valence-electron chi connectivity index (χ1n) is 4.18. The highest BCUT2D eigenvalue weighted by atomic mass is 16.4. The Balaban J connectivity index is 2.57. The van der Waals surface area contributed by atoms with Gasteiger partial charge in [-0.25, -0.2) is 9.78 Å². The number of aromatic carboxylic acids is 1. The quantitative estimate of drug-likeness (QED) is 0.593. The van der Waals surface area contributed by atoms with E-state index in [1.165, 1.54) is 10.6 Å². The minimum atomic E-state index is -1.11. The van der Waals surface area contributed by atoms with Crippen molar-refractivity contribution in [2.45, 2.75) is 0 Å². The zero-order valence-corrected chi connectivity index (χ0v) is 7.38. The molecule has 0 amide bonds. The summed E-state index contributed by atoms with van der Waals surface area (Å²) in [6.07, 6.45) is 3.15. The number of aromatic amines is 1. The molecule has 0 unspecified atom stereocenters. The molecule has 0 aliphatic carbocycles. The number of aromatic nitrogens is 5. The monoisotopic (exact) mass is 203 g/mol. The van der Waals surface area contributed by atoms with Crippen molar-refractivity contribution in [3.05, 3.63) is 24.3 Å². The van der Waals surface area contributed by atoms with E-state index in [0.717, 1.165) is 0 Å². The summed E-state index contributed by atoms with van der Waals surface area (Å²) in [5.41, 5.74) is 1.67. The number of fused-ring (bicyclic) bond motifs is 3. The lowest BCUT2D eigenvalue weighted by molar-refractivity contribution is 0.0682. The Kier molecular flexibility index (Phi) is 1.34. The van der Waals surface area contributed by atoms with Gasteiger partial charge in [0.25, 0.3) is 0 Å². The molecule has 0 aliphatic rings. The first kappa shape index (κ1) is 7.92. The minimum absolute atomic E-state index is 0.114. The van der Waals surface area contributed by atoms with E-state index in [1.54, 1.807) is 12.3 Å². The van der Waals surface area contributed by atoms with Crippen LogP contribution in [-0.2, 0) is 0 Å². The van der Waals surface area contributed by atoms with Crippen LogP contribution in [0.4, 0.5) is 0 Å². The van der Waals surface area contributed by atoms with Gasteiger partial charge < -0.3 is 10.1 Å². The summed E-state index contributed by atoms with van der Waals surface area (Å²) in [6.45, 7) is 0. The number of rotatable bonds is 1. The summed E-state index contributed by atoms with van der Waals surface area (Å²) in [4.78, 5) is 17.8. The van der Waals surface area contributed by atoms with E-state index in [-0.39, 0.29) is 5.82 Å². The zero-order chi connectivity index (χ0) is 10.4. The fraction of sp³-hybridized carbons (Fsp3) is 0. The summed E-state index contributed by atoms with van der Waals surface area (Å²) >= 11 is 0. The van der Waals surface area contributed by atoms with Crippen LogP contribution in [0.25, 0.3) is 16.8 Å². The molecule has 7 nitrogen and oxygen atoms in total. The summed E-state index contributed by atoms with van der Waals surface area (Å²) < 4.78 is 1.45. The van der Waals surface area contributed by atoms with Crippen LogP contribution in [0.15, 0.2) is 18.5 Å². The lowest BCUT2D eigenvalue weighted by atomic mass is 10.5. The van der Waals surface area contributed by atoms with Crippen LogP contribution < -0.4 is 0 Å². The Labute approximate surface area is 82.4 Å². The molecule has 0 saturated carbocycles. The van der Waals surface area contributed by atoms with Crippen molar-refractivity contribution < 1.29 is 9.90 Å². The van der Waals surface area contributed by atoms with E-state index in [1.807, 2.05) is 0 Å². The Hall–Kier alpha value is -2.44. The van der Waals surface area contributed by atoms with Crippen LogP contribution in [-0.4, -0.2) is 35.6 Å². The van der Waals surface area contributed by atoms with Crippen molar-refractivity contribution in [3.63, 3.8) is 0 Å². The predicted molar refractivity (Wildman–Crippen MR) is 49.6 cm³/mol. The van der Waals surface area contributed by atoms with E-state index in [9.17, 15) is 4.79 Å². The molecule has 2 N–H and O–H groups in total. The molecule has 74 valence electrons. The molecule has 0 radical (unpaired) electrons. The number of hydrogen-bond acceptors (Lipinski definition) is 4. The fourth-order valence-corrected chi connectivity index (χ4v) is 1.51.